The minimum atomic E-state index is -0.788. The van der Waals surface area contributed by atoms with Gasteiger partial charge in [-0.1, -0.05) is 36.5 Å². The van der Waals surface area contributed by atoms with Gasteiger partial charge in [-0.15, -0.1) is 0 Å². The molecule has 0 bridgehead atoms. The number of benzene rings is 1. The van der Waals surface area contributed by atoms with Gasteiger partial charge in [-0.3, -0.25) is 0 Å². The van der Waals surface area contributed by atoms with Gasteiger partial charge in [0.05, 0.1) is 0 Å². The maximum atomic E-state index is 10.1. The number of rotatable bonds is 0. The topological polar surface area (TPSA) is 20.2 Å². The Hall–Kier alpha value is -1.70. The molecule has 1 fully saturated rings. The molecule has 0 spiro atoms. The van der Waals surface area contributed by atoms with Gasteiger partial charge in [-0.25, -0.2) is 0 Å². The minimum absolute atomic E-state index is 0.785. The molecule has 0 aromatic heterocycles. The van der Waals surface area contributed by atoms with Gasteiger partial charge >= 0.3 is 0 Å². The molecule has 0 saturated heterocycles. The summed E-state index contributed by atoms with van der Waals surface area (Å²) in [5, 5.41) is 10.1. The smallest absolute Gasteiger partial charge is 0.126 e. The number of hydrogen-bond donors (Lipinski definition) is 1. The van der Waals surface area contributed by atoms with Crippen molar-refractivity contribution in [2.45, 2.75) is 37.7 Å². The highest BCUT2D eigenvalue weighted by Crippen LogP contribution is 2.26. The first-order valence-corrected chi connectivity index (χ1v) is 6.09. The van der Waals surface area contributed by atoms with Crippen molar-refractivity contribution >= 4 is 0 Å². The summed E-state index contributed by atoms with van der Waals surface area (Å²) in [6.45, 7) is 0. The van der Waals surface area contributed by atoms with Crippen molar-refractivity contribution < 1.29 is 5.11 Å². The van der Waals surface area contributed by atoms with Gasteiger partial charge in [0, 0.05) is 5.56 Å². The van der Waals surface area contributed by atoms with E-state index in [0.717, 1.165) is 31.2 Å². The van der Waals surface area contributed by atoms with Crippen LogP contribution >= 0.6 is 0 Å². The molecule has 0 atom stereocenters. The quantitative estimate of drug-likeness (QED) is 0.672. The molecular weight excluding hydrogens is 208 g/mol. The first-order chi connectivity index (χ1) is 8.29. The Morgan fingerprint density at radius 1 is 0.941 bits per heavy atom. The van der Waals surface area contributed by atoms with Crippen LogP contribution in [-0.4, -0.2) is 10.7 Å². The normalized spacial score (nSPS) is 17.2. The fourth-order valence-electron chi connectivity index (χ4n) is 2.03. The van der Waals surface area contributed by atoms with Crippen LogP contribution in [0.1, 0.15) is 37.7 Å². The summed E-state index contributed by atoms with van der Waals surface area (Å²) >= 11 is 0. The van der Waals surface area contributed by atoms with E-state index in [4.69, 9.17) is 0 Å². The van der Waals surface area contributed by atoms with Crippen molar-refractivity contribution in [2.75, 3.05) is 0 Å². The number of hydrogen-bond acceptors (Lipinski definition) is 1. The fraction of sp³-hybridized carbons (Fsp3) is 0.375. The Balaban J connectivity index is 2.01. The molecule has 0 heterocycles. The van der Waals surface area contributed by atoms with Crippen molar-refractivity contribution in [2.24, 2.45) is 0 Å². The van der Waals surface area contributed by atoms with Crippen molar-refractivity contribution in [3.63, 3.8) is 0 Å². The van der Waals surface area contributed by atoms with E-state index in [1.165, 1.54) is 6.42 Å². The van der Waals surface area contributed by atoms with E-state index >= 15 is 0 Å². The first kappa shape index (κ1) is 11.8. The maximum absolute atomic E-state index is 10.1. The van der Waals surface area contributed by atoms with Crippen LogP contribution in [0.5, 0.6) is 0 Å². The van der Waals surface area contributed by atoms with Gasteiger partial charge < -0.3 is 5.11 Å². The van der Waals surface area contributed by atoms with Gasteiger partial charge in [0.2, 0.25) is 0 Å². The van der Waals surface area contributed by atoms with E-state index in [1.807, 2.05) is 30.3 Å². The summed E-state index contributed by atoms with van der Waals surface area (Å²) in [7, 11) is 0. The second-order valence-electron chi connectivity index (χ2n) is 4.46. The third-order valence-corrected chi connectivity index (χ3v) is 3.02. The SMILES string of the molecule is OC1(C#CC#Cc2ccccc2)CCCCC1. The van der Waals surface area contributed by atoms with E-state index < -0.39 is 5.60 Å². The van der Waals surface area contributed by atoms with Crippen molar-refractivity contribution in [1.29, 1.82) is 0 Å². The molecule has 2 rings (SSSR count). The molecule has 1 heteroatoms. The molecule has 0 radical (unpaired) electrons. The second kappa shape index (κ2) is 5.58. The van der Waals surface area contributed by atoms with Gasteiger partial charge in [0.15, 0.2) is 0 Å². The molecule has 1 N–H and O–H groups in total. The fourth-order valence-corrected chi connectivity index (χ4v) is 2.03. The molecule has 1 aliphatic carbocycles. The minimum Gasteiger partial charge on any atom is -0.378 e. The molecule has 1 aromatic rings. The molecule has 1 aliphatic rings. The average Bonchev–Trinajstić information content (AvgIpc) is 2.37. The van der Waals surface area contributed by atoms with Crippen LogP contribution in [0.25, 0.3) is 0 Å². The van der Waals surface area contributed by atoms with Crippen molar-refractivity contribution in [3.8, 4) is 23.7 Å². The zero-order valence-corrected chi connectivity index (χ0v) is 9.87. The summed E-state index contributed by atoms with van der Waals surface area (Å²) in [6.07, 6.45) is 4.91. The highest BCUT2D eigenvalue weighted by atomic mass is 16.3. The summed E-state index contributed by atoms with van der Waals surface area (Å²) in [5.41, 5.74) is 0.168. The van der Waals surface area contributed by atoms with Gasteiger partial charge in [-0.2, -0.15) is 0 Å². The van der Waals surface area contributed by atoms with Crippen LogP contribution in [0.3, 0.4) is 0 Å². The monoisotopic (exact) mass is 224 g/mol. The first-order valence-electron chi connectivity index (χ1n) is 6.09. The molecule has 0 aliphatic heterocycles. The van der Waals surface area contributed by atoms with E-state index in [2.05, 4.69) is 23.7 Å². The van der Waals surface area contributed by atoms with Crippen molar-refractivity contribution in [3.05, 3.63) is 35.9 Å². The summed E-state index contributed by atoms with van der Waals surface area (Å²) in [5.74, 6) is 11.5. The molecule has 0 amide bonds. The molecule has 0 unspecified atom stereocenters. The highest BCUT2D eigenvalue weighted by molar-refractivity contribution is 5.40. The molecule has 1 aromatic carbocycles. The molecular formula is C16H16O. The molecule has 1 nitrogen and oxygen atoms in total. The lowest BCUT2D eigenvalue weighted by Gasteiger charge is -2.26. The zero-order valence-electron chi connectivity index (χ0n) is 9.87. The van der Waals surface area contributed by atoms with Crippen LogP contribution < -0.4 is 0 Å². The third kappa shape index (κ3) is 3.66. The van der Waals surface area contributed by atoms with E-state index in [9.17, 15) is 5.11 Å². The Morgan fingerprint density at radius 2 is 1.65 bits per heavy atom. The lowest BCUT2D eigenvalue weighted by atomic mass is 9.85. The largest absolute Gasteiger partial charge is 0.378 e. The van der Waals surface area contributed by atoms with Crippen LogP contribution in [0.15, 0.2) is 30.3 Å². The lowest BCUT2D eigenvalue weighted by molar-refractivity contribution is 0.0610. The average molecular weight is 224 g/mol. The third-order valence-electron chi connectivity index (χ3n) is 3.02. The molecule has 17 heavy (non-hydrogen) atoms. The molecule has 86 valence electrons. The van der Waals surface area contributed by atoms with Crippen LogP contribution in [0, 0.1) is 23.7 Å². The van der Waals surface area contributed by atoms with Gasteiger partial charge in [0.25, 0.3) is 0 Å². The Bertz CT molecular complexity index is 473. The zero-order chi connectivity index (χ0) is 12.0. The van der Waals surface area contributed by atoms with Crippen LogP contribution in [0.2, 0.25) is 0 Å². The maximum Gasteiger partial charge on any atom is 0.126 e. The lowest BCUT2D eigenvalue weighted by Crippen LogP contribution is -2.29. The summed E-state index contributed by atoms with van der Waals surface area (Å²) < 4.78 is 0. The Labute approximate surface area is 103 Å². The van der Waals surface area contributed by atoms with Crippen LogP contribution in [-0.2, 0) is 0 Å². The number of aliphatic hydroxyl groups is 1. The Morgan fingerprint density at radius 3 is 2.35 bits per heavy atom. The standard InChI is InChI=1S/C16H16O/c17-16(12-6-2-7-13-16)14-8-5-11-15-9-3-1-4-10-15/h1,3-4,9-10,17H,2,6-7,12-13H2. The van der Waals surface area contributed by atoms with Crippen molar-refractivity contribution in [1.82, 2.24) is 0 Å². The predicted molar refractivity (Wildman–Crippen MR) is 69.1 cm³/mol. The van der Waals surface area contributed by atoms with Gasteiger partial charge in [0.1, 0.15) is 5.60 Å². The predicted octanol–water partition coefficient (Wildman–Crippen LogP) is 2.74. The van der Waals surface area contributed by atoms with E-state index in [1.54, 1.807) is 0 Å². The highest BCUT2D eigenvalue weighted by Gasteiger charge is 2.26. The van der Waals surface area contributed by atoms with E-state index in [0.29, 0.717) is 0 Å². The van der Waals surface area contributed by atoms with Gasteiger partial charge in [-0.05, 0) is 49.7 Å². The van der Waals surface area contributed by atoms with E-state index in [-0.39, 0.29) is 0 Å². The summed E-state index contributed by atoms with van der Waals surface area (Å²) in [6, 6.07) is 9.76. The summed E-state index contributed by atoms with van der Waals surface area (Å²) in [4.78, 5) is 0. The van der Waals surface area contributed by atoms with Crippen LogP contribution in [0.4, 0.5) is 0 Å². The second-order valence-corrected chi connectivity index (χ2v) is 4.46. The molecule has 1 saturated carbocycles. The Kier molecular flexibility index (Phi) is 3.86.